The van der Waals surface area contributed by atoms with Crippen molar-refractivity contribution in [1.82, 2.24) is 0 Å². The third-order valence-corrected chi connectivity index (χ3v) is 3.01. The first-order valence-corrected chi connectivity index (χ1v) is 6.80. The molecule has 0 spiro atoms. The molecule has 3 nitrogen and oxygen atoms in total. The van der Waals surface area contributed by atoms with Crippen LogP contribution in [0, 0.1) is 23.0 Å². The Morgan fingerprint density at radius 2 is 1.71 bits per heavy atom. The first-order valence-electron chi connectivity index (χ1n) is 6.00. The van der Waals surface area contributed by atoms with E-state index in [0.717, 1.165) is 6.07 Å². The van der Waals surface area contributed by atoms with E-state index >= 15 is 0 Å². The van der Waals surface area contributed by atoms with Gasteiger partial charge in [0.25, 0.3) is 0 Å². The summed E-state index contributed by atoms with van der Waals surface area (Å²) in [6.45, 7) is 0.228. The van der Waals surface area contributed by atoms with Crippen LogP contribution in [0.25, 0.3) is 0 Å². The van der Waals surface area contributed by atoms with Crippen molar-refractivity contribution in [3.63, 3.8) is 0 Å². The predicted molar refractivity (Wildman–Crippen MR) is 76.2 cm³/mol. The molecule has 0 aliphatic carbocycles. The normalized spacial score (nSPS) is 10.0. The van der Waals surface area contributed by atoms with Crippen molar-refractivity contribution >= 4 is 15.9 Å². The van der Waals surface area contributed by atoms with Gasteiger partial charge in [-0.3, -0.25) is 0 Å². The summed E-state index contributed by atoms with van der Waals surface area (Å²) in [6.07, 6.45) is 0. The SMILES string of the molecule is N#Cc1ccc(OCCOc2cc(Br)cc(F)c2F)cc1. The maximum atomic E-state index is 13.4. The molecule has 0 fully saturated rings. The van der Waals surface area contributed by atoms with Crippen molar-refractivity contribution in [1.29, 1.82) is 5.26 Å². The standard InChI is InChI=1S/C15H10BrF2NO2/c16-11-7-13(17)15(18)14(8-11)21-6-5-20-12-3-1-10(9-19)2-4-12/h1-4,7-8H,5-6H2. The average molecular weight is 354 g/mol. The van der Waals surface area contributed by atoms with Gasteiger partial charge in [0.2, 0.25) is 5.82 Å². The number of ether oxygens (including phenoxy) is 2. The molecule has 0 aliphatic rings. The fourth-order valence-corrected chi connectivity index (χ4v) is 1.98. The lowest BCUT2D eigenvalue weighted by molar-refractivity contribution is 0.209. The summed E-state index contributed by atoms with van der Waals surface area (Å²) in [6, 6.07) is 10.9. The van der Waals surface area contributed by atoms with Gasteiger partial charge in [-0.15, -0.1) is 0 Å². The number of hydrogen-bond donors (Lipinski definition) is 0. The van der Waals surface area contributed by atoms with Gasteiger partial charge in [0, 0.05) is 4.47 Å². The first kappa shape index (κ1) is 15.3. The van der Waals surface area contributed by atoms with Gasteiger partial charge in [-0.1, -0.05) is 15.9 Å². The number of nitriles is 1. The predicted octanol–water partition coefficient (Wildman–Crippen LogP) is 4.06. The molecule has 0 atom stereocenters. The lowest BCUT2D eigenvalue weighted by atomic mass is 10.2. The van der Waals surface area contributed by atoms with E-state index in [0.29, 0.717) is 15.8 Å². The van der Waals surface area contributed by atoms with Crippen molar-refractivity contribution < 1.29 is 18.3 Å². The van der Waals surface area contributed by atoms with Gasteiger partial charge in [0.1, 0.15) is 19.0 Å². The Balaban J connectivity index is 1.86. The number of benzene rings is 2. The molecule has 0 aliphatic heterocycles. The van der Waals surface area contributed by atoms with E-state index in [9.17, 15) is 8.78 Å². The van der Waals surface area contributed by atoms with Crippen LogP contribution < -0.4 is 9.47 Å². The van der Waals surface area contributed by atoms with E-state index in [1.165, 1.54) is 6.07 Å². The summed E-state index contributed by atoms with van der Waals surface area (Å²) < 4.78 is 37.5. The van der Waals surface area contributed by atoms with Crippen molar-refractivity contribution in [2.45, 2.75) is 0 Å². The second-order valence-electron chi connectivity index (χ2n) is 4.03. The molecule has 2 rings (SSSR count). The zero-order chi connectivity index (χ0) is 15.2. The smallest absolute Gasteiger partial charge is 0.200 e. The molecule has 108 valence electrons. The molecular formula is C15H10BrF2NO2. The van der Waals surface area contributed by atoms with E-state index < -0.39 is 11.6 Å². The van der Waals surface area contributed by atoms with Gasteiger partial charge in [-0.2, -0.15) is 9.65 Å². The van der Waals surface area contributed by atoms with Gasteiger partial charge in [-0.25, -0.2) is 4.39 Å². The molecule has 2 aromatic carbocycles. The summed E-state index contributed by atoms with van der Waals surface area (Å²) >= 11 is 3.06. The zero-order valence-electron chi connectivity index (χ0n) is 10.8. The van der Waals surface area contributed by atoms with Crippen molar-refractivity contribution in [2.75, 3.05) is 13.2 Å². The Morgan fingerprint density at radius 3 is 2.38 bits per heavy atom. The molecule has 6 heteroatoms. The lowest BCUT2D eigenvalue weighted by Crippen LogP contribution is -2.10. The number of nitrogens with zero attached hydrogens (tertiary/aromatic N) is 1. The fraction of sp³-hybridized carbons (Fsp3) is 0.133. The summed E-state index contributed by atoms with van der Waals surface area (Å²) in [4.78, 5) is 0. The molecule has 0 unspecified atom stereocenters. The number of rotatable bonds is 5. The van der Waals surface area contributed by atoms with Crippen LogP contribution in [0.5, 0.6) is 11.5 Å². The highest BCUT2D eigenvalue weighted by Crippen LogP contribution is 2.25. The van der Waals surface area contributed by atoms with Crippen LogP contribution in [0.3, 0.4) is 0 Å². The van der Waals surface area contributed by atoms with Crippen LogP contribution in [0.2, 0.25) is 0 Å². The molecular weight excluding hydrogens is 344 g/mol. The van der Waals surface area contributed by atoms with Crippen LogP contribution in [-0.2, 0) is 0 Å². The number of halogens is 3. The third kappa shape index (κ3) is 4.17. The summed E-state index contributed by atoms with van der Waals surface area (Å²) in [5.41, 5.74) is 0.533. The zero-order valence-corrected chi connectivity index (χ0v) is 12.4. The van der Waals surface area contributed by atoms with Gasteiger partial charge in [-0.05, 0) is 36.4 Å². The highest BCUT2D eigenvalue weighted by atomic mass is 79.9. The van der Waals surface area contributed by atoms with Gasteiger partial charge in [0.05, 0.1) is 11.6 Å². The molecule has 0 heterocycles. The van der Waals surface area contributed by atoms with Crippen molar-refractivity contribution in [2.24, 2.45) is 0 Å². The molecule has 0 aromatic heterocycles. The first-order chi connectivity index (χ1) is 10.1. The van der Waals surface area contributed by atoms with Gasteiger partial charge < -0.3 is 9.47 Å². The average Bonchev–Trinajstić information content (AvgIpc) is 2.49. The maximum absolute atomic E-state index is 13.4. The topological polar surface area (TPSA) is 42.2 Å². The lowest BCUT2D eigenvalue weighted by Gasteiger charge is -2.09. The second-order valence-corrected chi connectivity index (χ2v) is 4.95. The van der Waals surface area contributed by atoms with Crippen LogP contribution in [0.4, 0.5) is 8.78 Å². The Morgan fingerprint density at radius 1 is 1.05 bits per heavy atom. The quantitative estimate of drug-likeness (QED) is 0.601. The van der Waals surface area contributed by atoms with Crippen LogP contribution in [0.15, 0.2) is 40.9 Å². The van der Waals surface area contributed by atoms with Gasteiger partial charge >= 0.3 is 0 Å². The maximum Gasteiger partial charge on any atom is 0.200 e. The summed E-state index contributed by atoms with van der Waals surface area (Å²) in [5.74, 6) is -1.62. The molecule has 0 amide bonds. The van der Waals surface area contributed by atoms with E-state index in [4.69, 9.17) is 14.7 Å². The Labute approximate surface area is 128 Å². The second kappa shape index (κ2) is 7.04. The van der Waals surface area contributed by atoms with Crippen LogP contribution in [0.1, 0.15) is 5.56 Å². The minimum absolute atomic E-state index is 0.0623. The highest BCUT2D eigenvalue weighted by Gasteiger charge is 2.11. The molecule has 21 heavy (non-hydrogen) atoms. The van der Waals surface area contributed by atoms with Gasteiger partial charge in [0.15, 0.2) is 11.6 Å². The molecule has 0 saturated carbocycles. The summed E-state index contributed by atoms with van der Waals surface area (Å²) in [7, 11) is 0. The van der Waals surface area contributed by atoms with E-state index in [1.807, 2.05) is 6.07 Å². The van der Waals surface area contributed by atoms with Crippen molar-refractivity contribution in [3.05, 3.63) is 58.1 Å². The molecule has 0 bridgehead atoms. The van der Waals surface area contributed by atoms with E-state index in [1.54, 1.807) is 24.3 Å². The Bertz CT molecular complexity index is 669. The molecule has 0 N–H and O–H groups in total. The summed E-state index contributed by atoms with van der Waals surface area (Å²) in [5, 5.41) is 8.66. The Kier molecular flexibility index (Phi) is 5.12. The molecule has 2 aromatic rings. The number of hydrogen-bond acceptors (Lipinski definition) is 3. The fourth-order valence-electron chi connectivity index (χ4n) is 1.57. The minimum atomic E-state index is -1.03. The monoisotopic (exact) mass is 353 g/mol. The van der Waals surface area contributed by atoms with Crippen LogP contribution >= 0.6 is 15.9 Å². The Hall–Kier alpha value is -2.13. The van der Waals surface area contributed by atoms with E-state index in [2.05, 4.69) is 15.9 Å². The minimum Gasteiger partial charge on any atom is -0.490 e. The van der Waals surface area contributed by atoms with E-state index in [-0.39, 0.29) is 19.0 Å². The van der Waals surface area contributed by atoms with Crippen LogP contribution in [-0.4, -0.2) is 13.2 Å². The molecule has 0 radical (unpaired) electrons. The highest BCUT2D eigenvalue weighted by molar-refractivity contribution is 9.10. The molecule has 0 saturated heterocycles. The van der Waals surface area contributed by atoms with Crippen molar-refractivity contribution in [3.8, 4) is 17.6 Å². The largest absolute Gasteiger partial charge is 0.490 e. The third-order valence-electron chi connectivity index (χ3n) is 2.55.